The highest BCUT2D eigenvalue weighted by Crippen LogP contribution is 2.24. The quantitative estimate of drug-likeness (QED) is 0.721. The monoisotopic (exact) mass is 285 g/mol. The van der Waals surface area contributed by atoms with Gasteiger partial charge in [-0.1, -0.05) is 25.4 Å². The summed E-state index contributed by atoms with van der Waals surface area (Å²) < 4.78 is 5.54. The lowest BCUT2D eigenvalue weighted by molar-refractivity contribution is -0.145. The molecule has 2 N–H and O–H groups in total. The number of aliphatic carboxylic acids is 1. The van der Waals surface area contributed by atoms with Crippen LogP contribution in [0.3, 0.4) is 0 Å². The molecule has 1 atom stereocenters. The Morgan fingerprint density at radius 2 is 2.21 bits per heavy atom. The lowest BCUT2D eigenvalue weighted by Crippen LogP contribution is -2.26. The van der Waals surface area contributed by atoms with Crippen LogP contribution in [-0.2, 0) is 11.3 Å². The largest absolute Gasteiger partial charge is 0.479 e. The maximum atomic E-state index is 11.0. The van der Waals surface area contributed by atoms with E-state index in [0.29, 0.717) is 23.7 Å². The molecule has 1 rings (SSSR count). The molecule has 1 unspecified atom stereocenters. The Morgan fingerprint density at radius 1 is 1.47 bits per heavy atom. The number of carbonyl (C=O) groups is 1. The molecule has 4 nitrogen and oxygen atoms in total. The molecule has 1 aromatic carbocycles. The van der Waals surface area contributed by atoms with Gasteiger partial charge in [0.25, 0.3) is 0 Å². The van der Waals surface area contributed by atoms with Gasteiger partial charge in [-0.2, -0.15) is 0 Å². The minimum absolute atomic E-state index is 0.416. The maximum absolute atomic E-state index is 11.0. The van der Waals surface area contributed by atoms with Crippen molar-refractivity contribution in [1.29, 1.82) is 0 Å². The topological polar surface area (TPSA) is 58.6 Å². The van der Waals surface area contributed by atoms with Crippen LogP contribution in [0.1, 0.15) is 32.3 Å². The van der Waals surface area contributed by atoms with Crippen molar-refractivity contribution in [1.82, 2.24) is 5.32 Å². The van der Waals surface area contributed by atoms with Gasteiger partial charge in [-0.15, -0.1) is 0 Å². The lowest BCUT2D eigenvalue weighted by atomic mass is 10.2. The third-order valence-corrected chi connectivity index (χ3v) is 2.92. The number of halogens is 1. The average Bonchev–Trinajstić information content (AvgIpc) is 2.37. The van der Waals surface area contributed by atoms with Crippen LogP contribution in [0.25, 0.3) is 0 Å². The predicted molar refractivity (Wildman–Crippen MR) is 75.8 cm³/mol. The third kappa shape index (κ3) is 5.09. The summed E-state index contributed by atoms with van der Waals surface area (Å²) in [6, 6.07) is 5.22. The van der Waals surface area contributed by atoms with Gasteiger partial charge in [-0.3, -0.25) is 0 Å². The number of nitrogens with one attached hydrogen (secondary N) is 1. The molecule has 1 aromatic rings. The van der Waals surface area contributed by atoms with Gasteiger partial charge >= 0.3 is 5.97 Å². The number of benzene rings is 1. The molecule has 106 valence electrons. The predicted octanol–water partition coefficient (Wildman–Crippen LogP) is 3.08. The van der Waals surface area contributed by atoms with Gasteiger partial charge in [0.2, 0.25) is 0 Å². The number of hydrogen-bond acceptors (Lipinski definition) is 3. The first-order valence-electron chi connectivity index (χ1n) is 6.47. The van der Waals surface area contributed by atoms with E-state index in [0.717, 1.165) is 18.5 Å². The summed E-state index contributed by atoms with van der Waals surface area (Å²) in [5.41, 5.74) is 0.876. The maximum Gasteiger partial charge on any atom is 0.344 e. The second kappa shape index (κ2) is 8.02. The van der Waals surface area contributed by atoms with E-state index >= 15 is 0 Å². The summed E-state index contributed by atoms with van der Waals surface area (Å²) in [4.78, 5) is 11.0. The van der Waals surface area contributed by atoms with Gasteiger partial charge < -0.3 is 15.2 Å². The summed E-state index contributed by atoms with van der Waals surface area (Å²) in [5.74, 6) is -0.382. The zero-order chi connectivity index (χ0) is 14.3. The molecule has 0 radical (unpaired) electrons. The standard InChI is InChI=1S/C14H20ClNO3/c1-3-7-16-9-10-8-11(15)5-6-13(10)19-12(4-2)14(17)18/h5-6,8,12,16H,3-4,7,9H2,1-2H3,(H,17,18). The van der Waals surface area contributed by atoms with Gasteiger partial charge in [0.05, 0.1) is 0 Å². The molecule has 0 saturated carbocycles. The number of ether oxygens (including phenoxy) is 1. The first-order chi connectivity index (χ1) is 9.08. The highest BCUT2D eigenvalue weighted by Gasteiger charge is 2.18. The minimum Gasteiger partial charge on any atom is -0.479 e. The van der Waals surface area contributed by atoms with E-state index in [1.165, 1.54) is 0 Å². The molecule has 5 heteroatoms. The van der Waals surface area contributed by atoms with E-state index in [1.54, 1.807) is 25.1 Å². The fourth-order valence-electron chi connectivity index (χ4n) is 1.66. The van der Waals surface area contributed by atoms with Gasteiger partial charge in [0.1, 0.15) is 5.75 Å². The van der Waals surface area contributed by atoms with Crippen molar-refractivity contribution in [3.8, 4) is 5.75 Å². The Labute approximate surface area is 118 Å². The summed E-state index contributed by atoms with van der Waals surface area (Å²) >= 11 is 5.96. The molecule has 19 heavy (non-hydrogen) atoms. The van der Waals surface area contributed by atoms with E-state index in [4.69, 9.17) is 21.4 Å². The minimum atomic E-state index is -0.954. The molecule has 0 bridgehead atoms. The van der Waals surface area contributed by atoms with Crippen molar-refractivity contribution in [2.75, 3.05) is 6.54 Å². The Balaban J connectivity index is 2.83. The Kier molecular flexibility index (Phi) is 6.67. The number of hydrogen-bond donors (Lipinski definition) is 2. The van der Waals surface area contributed by atoms with Crippen molar-refractivity contribution >= 4 is 17.6 Å². The fraction of sp³-hybridized carbons (Fsp3) is 0.500. The fourth-order valence-corrected chi connectivity index (χ4v) is 1.86. The van der Waals surface area contributed by atoms with E-state index in [2.05, 4.69) is 12.2 Å². The van der Waals surface area contributed by atoms with Crippen LogP contribution in [0.2, 0.25) is 5.02 Å². The van der Waals surface area contributed by atoms with E-state index in [-0.39, 0.29) is 0 Å². The highest BCUT2D eigenvalue weighted by molar-refractivity contribution is 6.30. The average molecular weight is 286 g/mol. The van der Waals surface area contributed by atoms with E-state index in [1.807, 2.05) is 0 Å². The van der Waals surface area contributed by atoms with Crippen molar-refractivity contribution in [2.24, 2.45) is 0 Å². The molecule has 0 aliphatic carbocycles. The van der Waals surface area contributed by atoms with Crippen LogP contribution in [0.5, 0.6) is 5.75 Å². The highest BCUT2D eigenvalue weighted by atomic mass is 35.5. The second-order valence-electron chi connectivity index (χ2n) is 4.28. The first-order valence-corrected chi connectivity index (χ1v) is 6.84. The van der Waals surface area contributed by atoms with Gasteiger partial charge in [0, 0.05) is 17.1 Å². The Hall–Kier alpha value is -1.26. The van der Waals surface area contributed by atoms with Crippen molar-refractivity contribution < 1.29 is 14.6 Å². The van der Waals surface area contributed by atoms with Crippen molar-refractivity contribution in [3.63, 3.8) is 0 Å². The second-order valence-corrected chi connectivity index (χ2v) is 4.72. The van der Waals surface area contributed by atoms with E-state index in [9.17, 15) is 4.79 Å². The molecule has 0 heterocycles. The Morgan fingerprint density at radius 3 is 2.79 bits per heavy atom. The van der Waals surface area contributed by atoms with Crippen LogP contribution >= 0.6 is 11.6 Å². The summed E-state index contributed by atoms with van der Waals surface area (Å²) in [6.07, 6.45) is 0.620. The van der Waals surface area contributed by atoms with Gasteiger partial charge in [-0.25, -0.2) is 4.79 Å². The molecule has 0 fully saturated rings. The van der Waals surface area contributed by atoms with Crippen LogP contribution in [0.15, 0.2) is 18.2 Å². The molecular weight excluding hydrogens is 266 g/mol. The zero-order valence-corrected chi connectivity index (χ0v) is 12.0. The molecule has 0 aromatic heterocycles. The van der Waals surface area contributed by atoms with Crippen LogP contribution in [0, 0.1) is 0 Å². The summed E-state index contributed by atoms with van der Waals surface area (Å²) in [7, 11) is 0. The summed E-state index contributed by atoms with van der Waals surface area (Å²) in [6.45, 7) is 5.37. The van der Waals surface area contributed by atoms with Gasteiger partial charge in [-0.05, 0) is 37.6 Å². The molecule has 0 aliphatic rings. The Bertz CT molecular complexity index is 423. The number of carboxylic acids is 1. The smallest absolute Gasteiger partial charge is 0.344 e. The van der Waals surface area contributed by atoms with Gasteiger partial charge in [0.15, 0.2) is 6.10 Å². The van der Waals surface area contributed by atoms with Crippen LogP contribution in [0.4, 0.5) is 0 Å². The molecule has 0 spiro atoms. The normalized spacial score (nSPS) is 12.2. The van der Waals surface area contributed by atoms with Crippen LogP contribution in [-0.4, -0.2) is 23.7 Å². The molecule has 0 aliphatic heterocycles. The first kappa shape index (κ1) is 15.8. The van der Waals surface area contributed by atoms with E-state index < -0.39 is 12.1 Å². The molecule has 0 amide bonds. The lowest BCUT2D eigenvalue weighted by Gasteiger charge is -2.17. The summed E-state index contributed by atoms with van der Waals surface area (Å²) in [5, 5.41) is 12.9. The third-order valence-electron chi connectivity index (χ3n) is 2.68. The molecular formula is C14H20ClNO3. The SMILES string of the molecule is CCCNCc1cc(Cl)ccc1OC(CC)C(=O)O. The zero-order valence-electron chi connectivity index (χ0n) is 11.3. The van der Waals surface area contributed by atoms with Crippen LogP contribution < -0.4 is 10.1 Å². The van der Waals surface area contributed by atoms with Crippen molar-refractivity contribution in [3.05, 3.63) is 28.8 Å². The number of carboxylic acid groups (broad SMARTS) is 1. The van der Waals surface area contributed by atoms with Crippen molar-refractivity contribution in [2.45, 2.75) is 39.3 Å². The number of rotatable bonds is 8. The molecule has 0 saturated heterocycles.